The molecule has 0 aliphatic carbocycles. The number of hydrogen-bond donors (Lipinski definition) is 1. The molecule has 0 unspecified atom stereocenters. The van der Waals surface area contributed by atoms with E-state index >= 15 is 0 Å². The molecule has 0 atom stereocenters. The number of aromatic nitrogens is 1. The lowest BCUT2D eigenvalue weighted by molar-refractivity contribution is 0.0595. The van der Waals surface area contributed by atoms with Crippen LogP contribution in [0, 0.1) is 0 Å². The molecule has 0 bridgehead atoms. The van der Waals surface area contributed by atoms with E-state index in [0.29, 0.717) is 5.75 Å². The molecule has 1 heterocycles. The van der Waals surface area contributed by atoms with E-state index in [0.717, 1.165) is 0 Å². The highest BCUT2D eigenvalue weighted by Crippen LogP contribution is 2.26. The van der Waals surface area contributed by atoms with Crippen molar-refractivity contribution in [3.05, 3.63) is 16.9 Å². The lowest BCUT2D eigenvalue weighted by atomic mass is 10.3. The van der Waals surface area contributed by atoms with Crippen LogP contribution in [0.1, 0.15) is 10.5 Å². The second-order valence-corrected chi connectivity index (χ2v) is 2.77. The average molecular weight is 217 g/mol. The van der Waals surface area contributed by atoms with Crippen molar-refractivity contribution in [2.24, 2.45) is 0 Å². The third-order valence-electron chi connectivity index (χ3n) is 1.57. The Labute approximate surface area is 85.8 Å². The number of esters is 1. The molecule has 6 heteroatoms. The second kappa shape index (κ2) is 4.15. The molecule has 0 spiro atoms. The van der Waals surface area contributed by atoms with E-state index in [9.17, 15) is 4.79 Å². The van der Waals surface area contributed by atoms with Crippen LogP contribution in [0.2, 0.25) is 5.15 Å². The SMILES string of the molecule is COC(=O)c1nc(Cl)c(OC)cc1N. The van der Waals surface area contributed by atoms with E-state index in [4.69, 9.17) is 22.1 Å². The second-order valence-electron chi connectivity index (χ2n) is 2.41. The Bertz CT molecular complexity index is 368. The van der Waals surface area contributed by atoms with Gasteiger partial charge in [0.05, 0.1) is 19.9 Å². The summed E-state index contributed by atoms with van der Waals surface area (Å²) in [6, 6.07) is 1.42. The van der Waals surface area contributed by atoms with Crippen LogP contribution in [0.5, 0.6) is 5.75 Å². The molecule has 0 aliphatic rings. The maximum Gasteiger partial charge on any atom is 0.358 e. The first-order valence-corrected chi connectivity index (χ1v) is 4.06. The predicted octanol–water partition coefficient (Wildman–Crippen LogP) is 1.11. The van der Waals surface area contributed by atoms with E-state index in [1.165, 1.54) is 20.3 Å². The van der Waals surface area contributed by atoms with Gasteiger partial charge in [-0.1, -0.05) is 11.6 Å². The van der Waals surface area contributed by atoms with E-state index in [-0.39, 0.29) is 16.5 Å². The van der Waals surface area contributed by atoms with E-state index in [1.54, 1.807) is 0 Å². The summed E-state index contributed by atoms with van der Waals surface area (Å²) in [4.78, 5) is 14.9. The number of rotatable bonds is 2. The molecular formula is C8H9ClN2O3. The first-order chi connectivity index (χ1) is 6.60. The van der Waals surface area contributed by atoms with Gasteiger partial charge >= 0.3 is 5.97 Å². The maximum absolute atomic E-state index is 11.1. The van der Waals surface area contributed by atoms with Crippen molar-refractivity contribution in [1.82, 2.24) is 4.98 Å². The Morgan fingerprint density at radius 2 is 2.21 bits per heavy atom. The quantitative estimate of drug-likeness (QED) is 0.592. The van der Waals surface area contributed by atoms with Crippen LogP contribution < -0.4 is 10.5 Å². The minimum absolute atomic E-state index is 0.0155. The Kier molecular flexibility index (Phi) is 3.14. The van der Waals surface area contributed by atoms with Gasteiger partial charge in [-0.05, 0) is 0 Å². The summed E-state index contributed by atoms with van der Waals surface area (Å²) in [7, 11) is 2.67. The van der Waals surface area contributed by atoms with Crippen LogP contribution in [0.3, 0.4) is 0 Å². The summed E-state index contributed by atoms with van der Waals surface area (Å²) < 4.78 is 9.33. The Hall–Kier alpha value is -1.49. The smallest absolute Gasteiger partial charge is 0.358 e. The number of carbonyl (C=O) groups excluding carboxylic acids is 1. The Morgan fingerprint density at radius 1 is 1.57 bits per heavy atom. The molecule has 2 N–H and O–H groups in total. The normalized spacial score (nSPS) is 9.64. The lowest BCUT2D eigenvalue weighted by Crippen LogP contribution is -2.09. The molecule has 76 valence electrons. The number of hydrogen-bond acceptors (Lipinski definition) is 5. The van der Waals surface area contributed by atoms with Crippen LogP contribution in [0.4, 0.5) is 5.69 Å². The van der Waals surface area contributed by atoms with Gasteiger partial charge in [0.25, 0.3) is 0 Å². The number of pyridine rings is 1. The fraction of sp³-hybridized carbons (Fsp3) is 0.250. The number of nitrogen functional groups attached to an aromatic ring is 1. The van der Waals surface area contributed by atoms with Gasteiger partial charge in [0, 0.05) is 6.07 Å². The van der Waals surface area contributed by atoms with Crippen LogP contribution in [0.15, 0.2) is 6.07 Å². The highest BCUT2D eigenvalue weighted by molar-refractivity contribution is 6.31. The van der Waals surface area contributed by atoms with Crippen molar-refractivity contribution in [3.8, 4) is 5.75 Å². The van der Waals surface area contributed by atoms with E-state index < -0.39 is 5.97 Å². The van der Waals surface area contributed by atoms with Gasteiger partial charge in [-0.25, -0.2) is 9.78 Å². The molecule has 0 saturated heterocycles. The fourth-order valence-corrected chi connectivity index (χ4v) is 1.11. The van der Waals surface area contributed by atoms with Gasteiger partial charge in [0.15, 0.2) is 16.6 Å². The zero-order valence-corrected chi connectivity index (χ0v) is 8.46. The zero-order valence-electron chi connectivity index (χ0n) is 7.70. The van der Waals surface area contributed by atoms with Gasteiger partial charge in [-0.15, -0.1) is 0 Å². The van der Waals surface area contributed by atoms with Crippen molar-refractivity contribution in [2.45, 2.75) is 0 Å². The largest absolute Gasteiger partial charge is 0.493 e. The highest BCUT2D eigenvalue weighted by atomic mass is 35.5. The molecule has 0 amide bonds. The van der Waals surface area contributed by atoms with Gasteiger partial charge in [-0.2, -0.15) is 0 Å². The number of nitrogens with zero attached hydrogens (tertiary/aromatic N) is 1. The monoisotopic (exact) mass is 216 g/mol. The van der Waals surface area contributed by atoms with E-state index in [1.807, 2.05) is 0 Å². The summed E-state index contributed by atoms with van der Waals surface area (Å²) in [5.74, 6) is -0.316. The van der Waals surface area contributed by atoms with Gasteiger partial charge < -0.3 is 15.2 Å². The van der Waals surface area contributed by atoms with Gasteiger partial charge in [0.2, 0.25) is 0 Å². The maximum atomic E-state index is 11.1. The van der Waals surface area contributed by atoms with E-state index in [2.05, 4.69) is 9.72 Å². The molecule has 0 fully saturated rings. The average Bonchev–Trinajstić information content (AvgIpc) is 2.19. The fourth-order valence-electron chi connectivity index (χ4n) is 0.890. The zero-order chi connectivity index (χ0) is 10.7. The minimum atomic E-state index is -0.632. The van der Waals surface area contributed by atoms with Crippen molar-refractivity contribution in [3.63, 3.8) is 0 Å². The number of halogens is 1. The molecule has 5 nitrogen and oxygen atoms in total. The summed E-state index contributed by atoms with van der Waals surface area (Å²) in [5, 5.41) is 0.0714. The summed E-state index contributed by atoms with van der Waals surface area (Å²) in [6.07, 6.45) is 0. The molecule has 0 radical (unpaired) electrons. The highest BCUT2D eigenvalue weighted by Gasteiger charge is 2.15. The first-order valence-electron chi connectivity index (χ1n) is 3.68. The molecule has 0 saturated carbocycles. The van der Waals surface area contributed by atoms with Crippen LogP contribution >= 0.6 is 11.6 Å². The first kappa shape index (κ1) is 10.6. The van der Waals surface area contributed by atoms with Crippen LogP contribution in [-0.4, -0.2) is 25.2 Å². The van der Waals surface area contributed by atoms with Crippen LogP contribution in [0.25, 0.3) is 0 Å². The molecule has 1 aromatic heterocycles. The number of carbonyl (C=O) groups is 1. The standard InChI is InChI=1S/C8H9ClN2O3/c1-13-5-3-4(10)6(8(12)14-2)11-7(5)9/h3H,10H2,1-2H3. The summed E-state index contributed by atoms with van der Waals surface area (Å²) in [5.41, 5.74) is 5.69. The van der Waals surface area contributed by atoms with Gasteiger partial charge in [-0.3, -0.25) is 0 Å². The Balaban J connectivity index is 3.21. The Morgan fingerprint density at radius 3 is 2.71 bits per heavy atom. The number of nitrogens with two attached hydrogens (primary N) is 1. The molecule has 1 aromatic rings. The molecule has 0 aromatic carbocycles. The van der Waals surface area contributed by atoms with Crippen molar-refractivity contribution in [1.29, 1.82) is 0 Å². The van der Waals surface area contributed by atoms with Crippen molar-refractivity contribution in [2.75, 3.05) is 20.0 Å². The summed E-state index contributed by atoms with van der Waals surface area (Å²) in [6.45, 7) is 0. The van der Waals surface area contributed by atoms with Crippen molar-refractivity contribution >= 4 is 23.3 Å². The number of methoxy groups -OCH3 is 2. The number of anilines is 1. The minimum Gasteiger partial charge on any atom is -0.493 e. The van der Waals surface area contributed by atoms with Crippen LogP contribution in [-0.2, 0) is 4.74 Å². The molecular weight excluding hydrogens is 208 g/mol. The number of ether oxygens (including phenoxy) is 2. The molecule has 0 aliphatic heterocycles. The topological polar surface area (TPSA) is 74.4 Å². The van der Waals surface area contributed by atoms with Gasteiger partial charge in [0.1, 0.15) is 0 Å². The third kappa shape index (κ3) is 1.88. The summed E-state index contributed by atoms with van der Waals surface area (Å²) >= 11 is 5.70. The lowest BCUT2D eigenvalue weighted by Gasteiger charge is -2.06. The predicted molar refractivity (Wildman–Crippen MR) is 51.6 cm³/mol. The molecule has 14 heavy (non-hydrogen) atoms. The van der Waals surface area contributed by atoms with Crippen molar-refractivity contribution < 1.29 is 14.3 Å². The molecule has 1 rings (SSSR count). The third-order valence-corrected chi connectivity index (χ3v) is 1.84.